The molecule has 52 heavy (non-hydrogen) atoms. The molecule has 5 fully saturated rings. The molecule has 7 aliphatic carbocycles. The molecule has 0 radical (unpaired) electrons. The van der Waals surface area contributed by atoms with Crippen molar-refractivity contribution in [2.45, 2.75) is 63.2 Å². The van der Waals surface area contributed by atoms with Crippen LogP contribution in [0.1, 0.15) is 74.6 Å². The highest BCUT2D eigenvalue weighted by molar-refractivity contribution is 5.99. The second-order valence-electron chi connectivity index (χ2n) is 17.7. The van der Waals surface area contributed by atoms with E-state index < -0.39 is 0 Å². The van der Waals surface area contributed by atoms with Gasteiger partial charge in [-0.05, 0) is 130 Å². The largest absolute Gasteiger partial charge is 0.309 e. The summed E-state index contributed by atoms with van der Waals surface area (Å²) in [6, 6.07) is 53.6. The van der Waals surface area contributed by atoms with Crippen LogP contribution in [0.4, 0.5) is 17.1 Å². The maximum Gasteiger partial charge on any atom is 0.0543 e. The van der Waals surface area contributed by atoms with Crippen LogP contribution in [0.5, 0.6) is 0 Å². The van der Waals surface area contributed by atoms with E-state index in [-0.39, 0.29) is 10.8 Å². The van der Waals surface area contributed by atoms with Crippen molar-refractivity contribution < 1.29 is 0 Å². The van der Waals surface area contributed by atoms with Gasteiger partial charge in [-0.2, -0.15) is 0 Å². The van der Waals surface area contributed by atoms with Gasteiger partial charge in [0.2, 0.25) is 0 Å². The lowest BCUT2D eigenvalue weighted by Gasteiger charge is -2.64. The van der Waals surface area contributed by atoms with Crippen molar-refractivity contribution in [1.29, 1.82) is 0 Å². The molecule has 6 unspecified atom stereocenters. The quantitative estimate of drug-likeness (QED) is 0.180. The average Bonchev–Trinajstić information content (AvgIpc) is 3.68. The summed E-state index contributed by atoms with van der Waals surface area (Å²) in [6.45, 7) is 4.81. The van der Waals surface area contributed by atoms with Gasteiger partial charge in [-0.25, -0.2) is 0 Å². The van der Waals surface area contributed by atoms with Crippen LogP contribution in [0.25, 0.3) is 33.4 Å². The first-order valence-corrected chi connectivity index (χ1v) is 19.9. The van der Waals surface area contributed by atoms with Crippen LogP contribution < -0.4 is 4.90 Å². The maximum atomic E-state index is 2.64. The Labute approximate surface area is 308 Å². The Kier molecular flexibility index (Phi) is 5.80. The van der Waals surface area contributed by atoms with Crippen LogP contribution in [0.15, 0.2) is 140 Å². The Balaban J connectivity index is 1.14. The Morgan fingerprint density at radius 2 is 1.23 bits per heavy atom. The number of benzene rings is 6. The van der Waals surface area contributed by atoms with Crippen LogP contribution in [-0.2, 0) is 10.8 Å². The summed E-state index contributed by atoms with van der Waals surface area (Å²) in [6.07, 6.45) is 8.60. The second kappa shape index (κ2) is 10.2. The van der Waals surface area contributed by atoms with E-state index in [4.69, 9.17) is 0 Å². The van der Waals surface area contributed by atoms with Gasteiger partial charge >= 0.3 is 0 Å². The highest BCUT2D eigenvalue weighted by Gasteiger charge is 2.76. The first kappa shape index (κ1) is 29.7. The van der Waals surface area contributed by atoms with Crippen molar-refractivity contribution in [3.05, 3.63) is 162 Å². The van der Waals surface area contributed by atoms with Gasteiger partial charge in [-0.1, -0.05) is 136 Å². The number of hydrogen-bond acceptors (Lipinski definition) is 1. The summed E-state index contributed by atoms with van der Waals surface area (Å²) in [7, 11) is 0. The molecule has 5 saturated carbocycles. The minimum atomic E-state index is -0.0827. The predicted octanol–water partition coefficient (Wildman–Crippen LogP) is 13.2. The Morgan fingerprint density at radius 1 is 0.538 bits per heavy atom. The lowest BCUT2D eigenvalue weighted by molar-refractivity contribution is -0.119. The van der Waals surface area contributed by atoms with Gasteiger partial charge in [0.1, 0.15) is 0 Å². The summed E-state index contributed by atoms with van der Waals surface area (Å²) in [5, 5.41) is 0. The molecule has 7 aliphatic rings. The van der Waals surface area contributed by atoms with Crippen molar-refractivity contribution in [2.75, 3.05) is 4.90 Å². The molecular formula is C51H45N. The zero-order valence-electron chi connectivity index (χ0n) is 30.3. The zero-order valence-corrected chi connectivity index (χ0v) is 30.3. The minimum Gasteiger partial charge on any atom is -0.309 e. The molecule has 1 heteroatoms. The monoisotopic (exact) mass is 671 g/mol. The Bertz CT molecular complexity index is 2450. The van der Waals surface area contributed by atoms with Gasteiger partial charge in [0.25, 0.3) is 0 Å². The number of nitrogens with zero attached hydrogens (tertiary/aromatic N) is 1. The van der Waals surface area contributed by atoms with E-state index in [2.05, 4.69) is 158 Å². The van der Waals surface area contributed by atoms with E-state index in [1.165, 1.54) is 100 Å². The predicted molar refractivity (Wildman–Crippen MR) is 214 cm³/mol. The third-order valence-electron chi connectivity index (χ3n) is 15.4. The maximum absolute atomic E-state index is 2.64. The van der Waals surface area contributed by atoms with E-state index >= 15 is 0 Å². The van der Waals surface area contributed by atoms with Crippen LogP contribution in [0.3, 0.4) is 0 Å². The summed E-state index contributed by atoms with van der Waals surface area (Å²) in [5.41, 5.74) is 18.6. The van der Waals surface area contributed by atoms with E-state index in [9.17, 15) is 0 Å². The van der Waals surface area contributed by atoms with Crippen LogP contribution in [0.2, 0.25) is 0 Å². The molecule has 0 aromatic heterocycles. The molecule has 254 valence electrons. The van der Waals surface area contributed by atoms with Crippen molar-refractivity contribution in [2.24, 2.45) is 29.1 Å². The van der Waals surface area contributed by atoms with Crippen molar-refractivity contribution in [1.82, 2.24) is 0 Å². The van der Waals surface area contributed by atoms with Crippen molar-refractivity contribution in [3.63, 3.8) is 0 Å². The van der Waals surface area contributed by atoms with E-state index in [0.29, 0.717) is 5.41 Å². The third-order valence-corrected chi connectivity index (χ3v) is 15.4. The van der Waals surface area contributed by atoms with E-state index in [1.807, 2.05) is 0 Å². The summed E-state index contributed by atoms with van der Waals surface area (Å²) < 4.78 is 0. The fourth-order valence-corrected chi connectivity index (χ4v) is 13.7. The van der Waals surface area contributed by atoms with Crippen LogP contribution >= 0.6 is 0 Å². The zero-order chi connectivity index (χ0) is 34.4. The highest BCUT2D eigenvalue weighted by atomic mass is 15.1. The van der Waals surface area contributed by atoms with Crippen LogP contribution in [0, 0.1) is 29.1 Å². The molecule has 6 aromatic carbocycles. The Morgan fingerprint density at radius 3 is 2.10 bits per heavy atom. The molecule has 0 aliphatic heterocycles. The standard InChI is InChI=1S/C51H45N/c1-49(2)41-18-9-6-16-38(41)39-26-25-36(29-45(39)49)52(46-21-11-8-15-37(46)33-13-4-3-5-14-33)47-22-12-20-43-48(47)40-17-7-10-19-42(40)51(43)35-24-23-32-27-34-31-50(51,30-32)44(34)28-35/h3-22,25-26,29,32,34-35,44H,23-24,27-28,30-31H2,1-2H3. The first-order chi connectivity index (χ1) is 25.5. The summed E-state index contributed by atoms with van der Waals surface area (Å²) in [4.78, 5) is 2.64. The minimum absolute atomic E-state index is 0.0827. The molecule has 0 N–H and O–H groups in total. The molecule has 13 rings (SSSR count). The first-order valence-electron chi connectivity index (χ1n) is 19.9. The number of rotatable bonds is 4. The van der Waals surface area contributed by atoms with Gasteiger partial charge in [0.05, 0.1) is 11.4 Å². The van der Waals surface area contributed by atoms with E-state index in [0.717, 1.165) is 23.7 Å². The fourth-order valence-electron chi connectivity index (χ4n) is 13.7. The number of anilines is 3. The Hall–Kier alpha value is -4.88. The molecule has 2 spiro atoms. The highest BCUT2D eigenvalue weighted by Crippen LogP contribution is 2.83. The fraction of sp³-hybridized carbons (Fsp3) is 0.294. The van der Waals surface area contributed by atoms with Crippen molar-refractivity contribution >= 4 is 17.1 Å². The summed E-state index contributed by atoms with van der Waals surface area (Å²) >= 11 is 0. The molecule has 1 nitrogen and oxygen atoms in total. The number of fused-ring (bicyclic) bond motifs is 6. The molecule has 4 bridgehead atoms. The number of hydrogen-bond donors (Lipinski definition) is 0. The topological polar surface area (TPSA) is 3.24 Å². The smallest absolute Gasteiger partial charge is 0.0543 e. The second-order valence-corrected chi connectivity index (χ2v) is 17.7. The molecule has 6 aromatic rings. The van der Waals surface area contributed by atoms with Gasteiger partial charge in [0.15, 0.2) is 0 Å². The van der Waals surface area contributed by atoms with Crippen LogP contribution in [-0.4, -0.2) is 0 Å². The molecular weight excluding hydrogens is 627 g/mol. The molecule has 0 amide bonds. The molecule has 0 saturated heterocycles. The number of para-hydroxylation sites is 1. The van der Waals surface area contributed by atoms with Gasteiger partial charge < -0.3 is 4.90 Å². The van der Waals surface area contributed by atoms with Gasteiger partial charge in [-0.3, -0.25) is 0 Å². The summed E-state index contributed by atoms with van der Waals surface area (Å²) in [5.74, 6) is 3.50. The van der Waals surface area contributed by atoms with Gasteiger partial charge in [-0.15, -0.1) is 0 Å². The SMILES string of the molecule is CC1(C)c2ccccc2-c2ccc(N(c3ccccc3-c3ccccc3)c3cccc4c3-c3ccccc3C43C4CCC5CC6CC3(C5)C6C4)cc21. The van der Waals surface area contributed by atoms with E-state index in [1.54, 1.807) is 11.1 Å². The third kappa shape index (κ3) is 3.47. The lowest BCUT2D eigenvalue weighted by atomic mass is 9.39. The molecule has 0 heterocycles. The van der Waals surface area contributed by atoms with Gasteiger partial charge in [0, 0.05) is 27.6 Å². The normalized spacial score (nSPS) is 28.8. The average molecular weight is 672 g/mol. The molecule has 6 atom stereocenters. The van der Waals surface area contributed by atoms with Crippen molar-refractivity contribution in [3.8, 4) is 33.4 Å². The lowest BCUT2D eigenvalue weighted by Crippen LogP contribution is -2.59.